The van der Waals surface area contributed by atoms with E-state index in [2.05, 4.69) is 15.0 Å². The Balaban J connectivity index is 1.82. The first-order valence-corrected chi connectivity index (χ1v) is 8.54. The summed E-state index contributed by atoms with van der Waals surface area (Å²) in [5.41, 5.74) is 6.15. The first-order chi connectivity index (χ1) is 12.9. The van der Waals surface area contributed by atoms with Gasteiger partial charge >= 0.3 is 0 Å². The first-order valence-electron chi connectivity index (χ1n) is 8.54. The summed E-state index contributed by atoms with van der Waals surface area (Å²) >= 11 is 0. The third-order valence-corrected chi connectivity index (χ3v) is 5.33. The molecule has 0 saturated carbocycles. The molecule has 0 aromatic carbocycles. The number of rotatable bonds is 3. The molecule has 0 amide bonds. The van der Waals surface area contributed by atoms with Gasteiger partial charge in [0.2, 0.25) is 18.8 Å². The van der Waals surface area contributed by atoms with Crippen molar-refractivity contribution in [1.29, 1.82) is 0 Å². The molecule has 7 N–H and O–H groups in total. The number of nitrogen functional groups attached to an aromatic ring is 1. The monoisotopic (exact) mass is 384 g/mol. The Labute approximate surface area is 153 Å². The van der Waals surface area contributed by atoms with Crippen LogP contribution in [-0.4, -0.2) is 98.0 Å². The second-order valence-electron chi connectivity index (χ2n) is 6.90. The van der Waals surface area contributed by atoms with Gasteiger partial charge in [0.1, 0.15) is 24.6 Å². The number of aliphatic hydroxyl groups excluding tert-OH is 5. The quantitative estimate of drug-likeness (QED) is 0.293. The molecule has 27 heavy (non-hydrogen) atoms. The Morgan fingerprint density at radius 2 is 1.93 bits per heavy atom. The van der Waals surface area contributed by atoms with Crippen LogP contribution in [0.25, 0.3) is 0 Å². The third kappa shape index (κ3) is 2.65. The minimum Gasteiger partial charge on any atom is -0.394 e. The lowest BCUT2D eigenvalue weighted by Crippen LogP contribution is -2.71. The lowest BCUT2D eigenvalue weighted by atomic mass is 10.0. The summed E-state index contributed by atoms with van der Waals surface area (Å²) < 4.78 is 11.1. The van der Waals surface area contributed by atoms with E-state index in [0.29, 0.717) is 0 Å². The molecule has 0 aliphatic carbocycles. The van der Waals surface area contributed by atoms with Gasteiger partial charge in [-0.2, -0.15) is 14.5 Å². The van der Waals surface area contributed by atoms with Gasteiger partial charge in [0, 0.05) is 0 Å². The number of nitrogens with two attached hydrogens (primary N) is 1. The normalized spacial score (nSPS) is 43.8. The van der Waals surface area contributed by atoms with Crippen LogP contribution in [0.1, 0.15) is 6.42 Å². The zero-order chi connectivity index (χ0) is 19.3. The molecule has 3 aliphatic rings. The maximum Gasteiger partial charge on any atom is 0.269 e. The fourth-order valence-electron chi connectivity index (χ4n) is 3.87. The van der Waals surface area contributed by atoms with E-state index >= 15 is 0 Å². The van der Waals surface area contributed by atoms with E-state index in [9.17, 15) is 25.5 Å². The van der Waals surface area contributed by atoms with Gasteiger partial charge in [-0.1, -0.05) is 0 Å². The van der Waals surface area contributed by atoms with Crippen molar-refractivity contribution in [3.05, 3.63) is 6.33 Å². The lowest BCUT2D eigenvalue weighted by Gasteiger charge is -2.45. The highest BCUT2D eigenvalue weighted by Crippen LogP contribution is 2.47. The second-order valence-corrected chi connectivity index (χ2v) is 6.90. The van der Waals surface area contributed by atoms with Crippen LogP contribution in [0, 0.1) is 0 Å². The number of hydrogen-bond acceptors (Lipinski definition) is 11. The predicted octanol–water partition coefficient (Wildman–Crippen LogP) is -3.05. The van der Waals surface area contributed by atoms with E-state index in [1.54, 1.807) is 0 Å². The maximum atomic E-state index is 10.6. The second kappa shape index (κ2) is 6.68. The molecule has 1 aromatic rings. The van der Waals surface area contributed by atoms with Gasteiger partial charge in [-0.05, 0) is 0 Å². The molecule has 2 saturated heterocycles. The van der Waals surface area contributed by atoms with Crippen LogP contribution < -0.4 is 10.2 Å². The van der Waals surface area contributed by atoms with E-state index in [1.807, 2.05) is 0 Å². The summed E-state index contributed by atoms with van der Waals surface area (Å²) in [5, 5.41) is 50.2. The van der Waals surface area contributed by atoms with Crippen LogP contribution in [0.3, 0.4) is 0 Å². The number of aromatic nitrogens is 2. The summed E-state index contributed by atoms with van der Waals surface area (Å²) in [7, 11) is 0. The van der Waals surface area contributed by atoms with E-state index in [4.69, 9.17) is 15.2 Å². The molecule has 148 valence electrons. The number of ether oxygens (including phenoxy) is 2. The summed E-state index contributed by atoms with van der Waals surface area (Å²) in [6.45, 7) is -0.631. The number of quaternary nitrogens is 1. The number of anilines is 1. The summed E-state index contributed by atoms with van der Waals surface area (Å²) in [4.78, 5) is 12.4. The minimum absolute atomic E-state index is 0.0891. The third-order valence-electron chi connectivity index (χ3n) is 5.33. The van der Waals surface area contributed by atoms with Crippen LogP contribution in [0.5, 0.6) is 0 Å². The van der Waals surface area contributed by atoms with Gasteiger partial charge in [-0.15, -0.1) is 0 Å². The molecule has 0 spiro atoms. The smallest absolute Gasteiger partial charge is 0.269 e. The van der Waals surface area contributed by atoms with Crippen molar-refractivity contribution in [2.75, 3.05) is 18.9 Å². The summed E-state index contributed by atoms with van der Waals surface area (Å²) in [6.07, 6.45) is -5.27. The minimum atomic E-state index is -1.50. The average Bonchev–Trinajstić information content (AvgIpc) is 3.22. The van der Waals surface area contributed by atoms with Crippen molar-refractivity contribution in [3.63, 3.8) is 0 Å². The van der Waals surface area contributed by atoms with Gasteiger partial charge in [0.05, 0.1) is 25.7 Å². The predicted molar refractivity (Wildman–Crippen MR) is 90.5 cm³/mol. The molecule has 2 fully saturated rings. The lowest BCUT2D eigenvalue weighted by molar-refractivity contribution is -0.232. The molecule has 0 radical (unpaired) electrons. The zero-order valence-electron chi connectivity index (χ0n) is 14.2. The van der Waals surface area contributed by atoms with E-state index in [-0.39, 0.29) is 30.4 Å². The van der Waals surface area contributed by atoms with Crippen LogP contribution in [-0.2, 0) is 9.47 Å². The molecule has 12 heteroatoms. The SMILES string of the molecule is Nc1ncnc2c1N=C[N+]2([C@@H]1OC[C@@H](O)[C@@H](O)[C@H]1O)[C@H]1C[C@H](O)[C@@H](CO)O1. The van der Waals surface area contributed by atoms with Crippen LogP contribution in [0.4, 0.5) is 17.3 Å². The fourth-order valence-corrected chi connectivity index (χ4v) is 3.87. The molecule has 1 unspecified atom stereocenters. The Hall–Kier alpha value is -1.77. The van der Waals surface area contributed by atoms with E-state index in [0.717, 1.165) is 0 Å². The van der Waals surface area contributed by atoms with Crippen LogP contribution in [0.15, 0.2) is 11.3 Å². The highest BCUT2D eigenvalue weighted by atomic mass is 16.6. The van der Waals surface area contributed by atoms with Crippen LogP contribution in [0.2, 0.25) is 0 Å². The standard InChI is InChI=1S/C15H22N5O7/c16-13-10-14(18-4-17-13)20(5-19-10,9-1-6(22)8(2-21)27-9)15-12(25)11(24)7(23)3-26-15/h4-9,11-12,15,21-25H,1-3H2,(H2,16,17,18)/q+1/t6-,7+,8+,9+,11+,12+,15+,20?/m0/s1. The van der Waals surface area contributed by atoms with Crippen molar-refractivity contribution in [3.8, 4) is 0 Å². The zero-order valence-corrected chi connectivity index (χ0v) is 14.2. The maximum absolute atomic E-state index is 10.6. The Bertz CT molecular complexity index is 751. The van der Waals surface area contributed by atoms with Gasteiger partial charge in [-0.3, -0.25) is 0 Å². The Morgan fingerprint density at radius 1 is 1.15 bits per heavy atom. The van der Waals surface area contributed by atoms with Crippen molar-refractivity contribution in [2.24, 2.45) is 4.99 Å². The van der Waals surface area contributed by atoms with Gasteiger partial charge in [-0.25, -0.2) is 4.98 Å². The van der Waals surface area contributed by atoms with Gasteiger partial charge in [0.25, 0.3) is 5.82 Å². The van der Waals surface area contributed by atoms with Crippen molar-refractivity contribution in [1.82, 2.24) is 14.5 Å². The molecule has 4 heterocycles. The Morgan fingerprint density at radius 3 is 2.63 bits per heavy atom. The van der Waals surface area contributed by atoms with Crippen LogP contribution >= 0.6 is 0 Å². The van der Waals surface area contributed by atoms with Crippen molar-refractivity contribution < 1.29 is 35.0 Å². The fraction of sp³-hybridized carbons (Fsp3) is 0.667. The Kier molecular flexibility index (Phi) is 4.60. The number of aliphatic hydroxyl groups is 5. The van der Waals surface area contributed by atoms with Gasteiger partial charge < -0.3 is 40.7 Å². The van der Waals surface area contributed by atoms with Crippen molar-refractivity contribution >= 4 is 23.7 Å². The summed E-state index contributed by atoms with van der Waals surface area (Å²) in [5.74, 6) is 0.380. The van der Waals surface area contributed by atoms with Crippen molar-refractivity contribution in [2.45, 2.75) is 49.4 Å². The van der Waals surface area contributed by atoms with E-state index in [1.165, 1.54) is 12.7 Å². The number of aliphatic imine (C=N–C) groups is 1. The number of hydrogen-bond donors (Lipinski definition) is 6. The molecule has 4 rings (SSSR count). The highest BCUT2D eigenvalue weighted by Gasteiger charge is 2.61. The topological polar surface area (TPSA) is 184 Å². The van der Waals surface area contributed by atoms with E-state index < -0.39 is 54.1 Å². The molecule has 1 aromatic heterocycles. The van der Waals surface area contributed by atoms with Gasteiger partial charge in [0.15, 0.2) is 17.6 Å². The highest BCUT2D eigenvalue weighted by molar-refractivity contribution is 5.91. The first kappa shape index (κ1) is 18.6. The largest absolute Gasteiger partial charge is 0.394 e. The molecular weight excluding hydrogens is 362 g/mol. The molecule has 8 atom stereocenters. The number of nitrogens with zero attached hydrogens (tertiary/aromatic N) is 4. The molecule has 0 bridgehead atoms. The molecular formula is C15H22N5O7+. The number of fused-ring (bicyclic) bond motifs is 1. The summed E-state index contributed by atoms with van der Waals surface area (Å²) in [6, 6.07) is 0. The average molecular weight is 384 g/mol. The molecule has 12 nitrogen and oxygen atoms in total. The molecule has 3 aliphatic heterocycles.